The number of hydrogen-bond donors (Lipinski definition) is 0. The molecule has 0 aliphatic heterocycles. The molecule has 28 heavy (non-hydrogen) atoms. The van der Waals surface area contributed by atoms with Gasteiger partial charge < -0.3 is 9.47 Å². The Morgan fingerprint density at radius 1 is 0.929 bits per heavy atom. The van der Waals surface area contributed by atoms with Crippen molar-refractivity contribution in [3.8, 4) is 11.5 Å². The van der Waals surface area contributed by atoms with Gasteiger partial charge in [-0.2, -0.15) is 0 Å². The zero-order chi connectivity index (χ0) is 19.5. The number of benzene rings is 2. The second kappa shape index (κ2) is 8.48. The fraction of sp³-hybridized carbons (Fsp3) is 0.391. The molecule has 0 fully saturated rings. The molecule has 1 aliphatic rings. The maximum Gasteiger partial charge on any atom is 0.182 e. The van der Waals surface area contributed by atoms with E-state index in [9.17, 15) is 4.39 Å². The summed E-state index contributed by atoms with van der Waals surface area (Å²) in [6.07, 6.45) is 8.41. The molecule has 0 N–H and O–H groups in total. The van der Waals surface area contributed by atoms with Crippen LogP contribution in [0.25, 0.3) is 20.2 Å². The zero-order valence-electron chi connectivity index (χ0n) is 16.0. The smallest absolute Gasteiger partial charge is 0.182 e. The van der Waals surface area contributed by atoms with E-state index in [4.69, 9.17) is 9.47 Å². The molecule has 4 rings (SSSR count). The largest absolute Gasteiger partial charge is 0.490 e. The van der Waals surface area contributed by atoms with E-state index in [0.29, 0.717) is 33.4 Å². The standard InChI is InChI=1S/C23H24F2O2S/c1-2-3-6-13-26-18-11-9-16-17-10-12-19(27-14-15-7-4-5-8-15)21(25)23(17)28-22(16)20(18)24/h7,9-12H,2-6,8,13-14H2,1H3. The van der Waals surface area contributed by atoms with Gasteiger partial charge in [0.25, 0.3) is 0 Å². The Hall–Kier alpha value is -2.14. The highest BCUT2D eigenvalue weighted by molar-refractivity contribution is 7.25. The average Bonchev–Trinajstić information content (AvgIpc) is 3.35. The first-order valence-electron chi connectivity index (χ1n) is 9.95. The van der Waals surface area contributed by atoms with Crippen LogP contribution >= 0.6 is 11.3 Å². The van der Waals surface area contributed by atoms with Crippen LogP contribution in [0.5, 0.6) is 11.5 Å². The lowest BCUT2D eigenvalue weighted by atomic mass is 10.1. The molecule has 5 heteroatoms. The normalized spacial score (nSPS) is 14.0. The number of thiophene rings is 1. The highest BCUT2D eigenvalue weighted by Crippen LogP contribution is 2.41. The first-order valence-corrected chi connectivity index (χ1v) is 10.8. The Labute approximate surface area is 167 Å². The zero-order valence-corrected chi connectivity index (χ0v) is 16.8. The molecule has 0 atom stereocenters. The van der Waals surface area contributed by atoms with Crippen molar-refractivity contribution in [2.24, 2.45) is 0 Å². The molecule has 0 spiro atoms. The maximum atomic E-state index is 15.0. The lowest BCUT2D eigenvalue weighted by Crippen LogP contribution is -2.01. The predicted molar refractivity (Wildman–Crippen MR) is 112 cm³/mol. The summed E-state index contributed by atoms with van der Waals surface area (Å²) < 4.78 is 42.1. The van der Waals surface area contributed by atoms with E-state index in [2.05, 4.69) is 13.0 Å². The molecule has 0 radical (unpaired) electrons. The van der Waals surface area contributed by atoms with Crippen molar-refractivity contribution < 1.29 is 18.3 Å². The summed E-state index contributed by atoms with van der Waals surface area (Å²) >= 11 is 1.12. The molecule has 0 amide bonds. The summed E-state index contributed by atoms with van der Waals surface area (Å²) in [5.74, 6) is -0.362. The van der Waals surface area contributed by atoms with Gasteiger partial charge in [-0.05, 0) is 55.5 Å². The summed E-state index contributed by atoms with van der Waals surface area (Å²) in [6.45, 7) is 3.02. The molecule has 2 nitrogen and oxygen atoms in total. The van der Waals surface area contributed by atoms with Crippen LogP contribution in [0.4, 0.5) is 8.78 Å². The average molecular weight is 403 g/mol. The fourth-order valence-corrected chi connectivity index (χ4v) is 4.76. The minimum atomic E-state index is -0.415. The monoisotopic (exact) mass is 402 g/mol. The Kier molecular flexibility index (Phi) is 5.81. The van der Waals surface area contributed by atoms with Crippen molar-refractivity contribution >= 4 is 31.5 Å². The number of ether oxygens (including phenoxy) is 2. The van der Waals surface area contributed by atoms with Gasteiger partial charge in [0.2, 0.25) is 0 Å². The molecule has 0 saturated carbocycles. The molecule has 2 aromatic carbocycles. The van der Waals surface area contributed by atoms with Crippen LogP contribution in [-0.4, -0.2) is 13.2 Å². The van der Waals surface area contributed by atoms with E-state index in [1.165, 1.54) is 5.57 Å². The minimum absolute atomic E-state index is 0.225. The lowest BCUT2D eigenvalue weighted by molar-refractivity contribution is 0.293. The van der Waals surface area contributed by atoms with Crippen LogP contribution in [0.3, 0.4) is 0 Å². The Bertz CT molecular complexity index is 1020. The van der Waals surface area contributed by atoms with E-state index >= 15 is 4.39 Å². The van der Waals surface area contributed by atoms with Gasteiger partial charge in [-0.15, -0.1) is 11.3 Å². The van der Waals surface area contributed by atoms with Gasteiger partial charge in [0, 0.05) is 10.8 Å². The third kappa shape index (κ3) is 3.72. The van der Waals surface area contributed by atoms with Crippen LogP contribution in [0.2, 0.25) is 0 Å². The topological polar surface area (TPSA) is 18.5 Å². The van der Waals surface area contributed by atoms with E-state index in [1.807, 2.05) is 12.1 Å². The van der Waals surface area contributed by atoms with Gasteiger partial charge in [0.05, 0.1) is 16.0 Å². The van der Waals surface area contributed by atoms with Crippen molar-refractivity contribution in [2.75, 3.05) is 13.2 Å². The SMILES string of the molecule is CCCCCOc1ccc2c(sc3c(F)c(OCC4=CCCC4)ccc32)c1F. The van der Waals surface area contributed by atoms with E-state index < -0.39 is 11.6 Å². The van der Waals surface area contributed by atoms with Gasteiger partial charge in [0.15, 0.2) is 23.1 Å². The summed E-state index contributed by atoms with van der Waals surface area (Å²) in [5.41, 5.74) is 1.21. The lowest BCUT2D eigenvalue weighted by Gasteiger charge is -2.08. The van der Waals surface area contributed by atoms with Crippen molar-refractivity contribution in [3.63, 3.8) is 0 Å². The van der Waals surface area contributed by atoms with Gasteiger partial charge in [-0.3, -0.25) is 0 Å². The van der Waals surface area contributed by atoms with Crippen LogP contribution < -0.4 is 9.47 Å². The number of unbranched alkanes of at least 4 members (excludes halogenated alkanes) is 2. The van der Waals surface area contributed by atoms with Crippen molar-refractivity contribution in [1.82, 2.24) is 0 Å². The second-order valence-electron chi connectivity index (χ2n) is 7.21. The summed E-state index contributed by atoms with van der Waals surface area (Å²) in [5, 5.41) is 1.42. The first-order chi connectivity index (χ1) is 13.7. The molecule has 1 aromatic heterocycles. The van der Waals surface area contributed by atoms with E-state index in [1.54, 1.807) is 12.1 Å². The highest BCUT2D eigenvalue weighted by atomic mass is 32.1. The summed E-state index contributed by atoms with van der Waals surface area (Å²) in [6, 6.07) is 6.92. The molecule has 0 bridgehead atoms. The predicted octanol–water partition coefficient (Wildman–Crippen LogP) is 7.39. The van der Waals surface area contributed by atoms with Gasteiger partial charge in [-0.1, -0.05) is 25.8 Å². The van der Waals surface area contributed by atoms with Gasteiger partial charge in [-0.25, -0.2) is 8.78 Å². The van der Waals surface area contributed by atoms with Crippen LogP contribution in [0.15, 0.2) is 35.9 Å². The third-order valence-electron chi connectivity index (χ3n) is 5.17. The molecule has 1 heterocycles. The molecular formula is C23H24F2O2S. The van der Waals surface area contributed by atoms with Crippen LogP contribution in [-0.2, 0) is 0 Å². The van der Waals surface area contributed by atoms with Crippen molar-refractivity contribution in [1.29, 1.82) is 0 Å². The Morgan fingerprint density at radius 3 is 2.21 bits per heavy atom. The number of rotatable bonds is 8. The second-order valence-corrected chi connectivity index (χ2v) is 8.23. The van der Waals surface area contributed by atoms with E-state index in [-0.39, 0.29) is 11.5 Å². The summed E-state index contributed by atoms with van der Waals surface area (Å²) in [4.78, 5) is 0. The van der Waals surface area contributed by atoms with Gasteiger partial charge >= 0.3 is 0 Å². The Morgan fingerprint density at radius 2 is 1.61 bits per heavy atom. The van der Waals surface area contributed by atoms with Gasteiger partial charge in [0.1, 0.15) is 6.61 Å². The summed E-state index contributed by atoms with van der Waals surface area (Å²) in [7, 11) is 0. The molecule has 148 valence electrons. The fourth-order valence-electron chi connectivity index (χ4n) is 3.60. The van der Waals surface area contributed by atoms with Crippen LogP contribution in [0.1, 0.15) is 45.4 Å². The third-order valence-corrected chi connectivity index (χ3v) is 6.38. The Balaban J connectivity index is 1.62. The molecular weight excluding hydrogens is 378 g/mol. The quantitative estimate of drug-likeness (QED) is 0.289. The number of hydrogen-bond acceptors (Lipinski definition) is 3. The molecule has 1 aliphatic carbocycles. The van der Waals surface area contributed by atoms with Crippen molar-refractivity contribution in [3.05, 3.63) is 47.5 Å². The first kappa shape index (κ1) is 19.2. The molecule has 3 aromatic rings. The number of halogens is 2. The number of allylic oxidation sites excluding steroid dienone is 1. The van der Waals surface area contributed by atoms with Crippen LogP contribution in [0, 0.1) is 11.6 Å². The van der Waals surface area contributed by atoms with Crippen molar-refractivity contribution in [2.45, 2.75) is 45.4 Å². The molecule has 0 saturated heterocycles. The minimum Gasteiger partial charge on any atom is -0.490 e. The highest BCUT2D eigenvalue weighted by Gasteiger charge is 2.18. The number of fused-ring (bicyclic) bond motifs is 3. The molecule has 0 unspecified atom stereocenters. The van der Waals surface area contributed by atoms with E-state index in [0.717, 1.165) is 49.9 Å². The maximum absolute atomic E-state index is 15.0.